The number of ether oxygens (including phenoxy) is 1. The molecule has 8 atom stereocenters. The van der Waals surface area contributed by atoms with Gasteiger partial charge in [0.1, 0.15) is 6.10 Å². The first-order valence-corrected chi connectivity index (χ1v) is 13.5. The van der Waals surface area contributed by atoms with Gasteiger partial charge in [0.25, 0.3) is 0 Å². The van der Waals surface area contributed by atoms with Crippen LogP contribution in [-0.4, -0.2) is 48.9 Å². The summed E-state index contributed by atoms with van der Waals surface area (Å²) in [5, 5.41) is 16.3. The van der Waals surface area contributed by atoms with Gasteiger partial charge < -0.3 is 26.2 Å². The quantitative estimate of drug-likeness (QED) is 0.509. The van der Waals surface area contributed by atoms with E-state index in [0.717, 1.165) is 70.9 Å². The molecule has 0 aromatic carbocycles. The molecule has 0 radical (unpaired) electrons. The van der Waals surface area contributed by atoms with Crippen LogP contribution in [0.25, 0.3) is 0 Å². The lowest BCUT2D eigenvalue weighted by molar-refractivity contribution is -0.155. The number of piperidine rings is 1. The molecule has 5 fully saturated rings. The molecule has 0 bridgehead atoms. The Bertz CT molecular complexity index is 756. The second-order valence-electron chi connectivity index (χ2n) is 12.1. The summed E-state index contributed by atoms with van der Waals surface area (Å²) in [6.45, 7) is 4.91. The molecule has 4 aliphatic carbocycles. The van der Waals surface area contributed by atoms with Crippen LogP contribution in [-0.2, 0) is 9.53 Å². The van der Waals surface area contributed by atoms with Crippen molar-refractivity contribution in [2.75, 3.05) is 19.6 Å². The lowest BCUT2D eigenvalue weighted by Crippen LogP contribution is -2.57. The molecule has 1 saturated heterocycles. The van der Waals surface area contributed by atoms with Crippen molar-refractivity contribution in [3.8, 4) is 0 Å². The molecular weight excluding hydrogens is 418 g/mol. The topological polar surface area (TPSA) is 114 Å². The van der Waals surface area contributed by atoms with Crippen molar-refractivity contribution in [2.45, 2.75) is 89.7 Å². The van der Waals surface area contributed by atoms with Crippen LogP contribution in [0.5, 0.6) is 0 Å². The molecule has 7 heteroatoms. The number of carbonyl (C=O) groups is 2. The summed E-state index contributed by atoms with van der Waals surface area (Å²) in [5.74, 6) is 1.41. The summed E-state index contributed by atoms with van der Waals surface area (Å²) in [5.41, 5.74) is 6.39. The van der Waals surface area contributed by atoms with Gasteiger partial charge in [0, 0.05) is 6.04 Å². The average Bonchev–Trinajstić information content (AvgIpc) is 3.20. The summed E-state index contributed by atoms with van der Waals surface area (Å²) in [4.78, 5) is 24.5. The maximum absolute atomic E-state index is 12.5. The Hall–Kier alpha value is -1.34. The lowest BCUT2D eigenvalue weighted by Gasteiger charge is -2.61. The van der Waals surface area contributed by atoms with Gasteiger partial charge in [-0.15, -0.1) is 0 Å². The van der Waals surface area contributed by atoms with Gasteiger partial charge in [0.2, 0.25) is 0 Å². The Kier molecular flexibility index (Phi) is 6.40. The molecule has 5 rings (SSSR count). The monoisotopic (exact) mass is 461 g/mol. The number of carbonyl (C=O) groups excluding carboxylic acids is 1. The molecule has 5 N–H and O–H groups in total. The van der Waals surface area contributed by atoms with E-state index in [4.69, 9.17) is 10.5 Å². The second-order valence-corrected chi connectivity index (χ2v) is 12.1. The fraction of sp³-hybridized carbons (Fsp3) is 0.923. The number of alkyl carbamates (subject to hydrolysis) is 1. The standard InChI is InChI=1S/C26H43N3O4/c1-25-10-6-18(33-24(32)29-17-8-12-28-13-9-17)14-16(25)2-3-19-20(25)7-11-26(15-27)21(19)4-5-22(26)23(30)31/h16-22,28H,2-15,27H2,1H3,(H,29,32)(H,30,31)/t16?,18?,19-,20+,21+,22?,25+,26-/m1/s1. The van der Waals surface area contributed by atoms with Crippen molar-refractivity contribution < 1.29 is 19.4 Å². The van der Waals surface area contributed by atoms with Crippen LogP contribution in [0, 0.1) is 40.4 Å². The number of hydrogen-bond donors (Lipinski definition) is 4. The van der Waals surface area contributed by atoms with E-state index in [1.165, 1.54) is 12.8 Å². The number of fused-ring (bicyclic) bond motifs is 5. The van der Waals surface area contributed by atoms with Crippen molar-refractivity contribution in [3.63, 3.8) is 0 Å². The number of aliphatic carboxylic acids is 1. The number of carboxylic acid groups (broad SMARTS) is 1. The van der Waals surface area contributed by atoms with Crippen LogP contribution in [0.1, 0.15) is 77.6 Å². The molecule has 1 heterocycles. The van der Waals surface area contributed by atoms with Crippen molar-refractivity contribution in [1.29, 1.82) is 0 Å². The zero-order chi connectivity index (χ0) is 23.2. The van der Waals surface area contributed by atoms with Crippen LogP contribution in [0.4, 0.5) is 4.79 Å². The van der Waals surface area contributed by atoms with Crippen molar-refractivity contribution in [3.05, 3.63) is 0 Å². The molecule has 7 nitrogen and oxygen atoms in total. The number of nitrogens with two attached hydrogens (primary N) is 1. The molecule has 3 unspecified atom stereocenters. The van der Waals surface area contributed by atoms with Gasteiger partial charge >= 0.3 is 12.1 Å². The summed E-state index contributed by atoms with van der Waals surface area (Å²) in [6.07, 6.45) is 11.0. The minimum Gasteiger partial charge on any atom is -0.481 e. The molecule has 5 aliphatic rings. The van der Waals surface area contributed by atoms with Crippen LogP contribution >= 0.6 is 0 Å². The van der Waals surface area contributed by atoms with E-state index in [0.29, 0.717) is 30.2 Å². The summed E-state index contributed by atoms with van der Waals surface area (Å²) >= 11 is 0. The zero-order valence-corrected chi connectivity index (χ0v) is 20.2. The third kappa shape index (κ3) is 3.97. The van der Waals surface area contributed by atoms with Crippen LogP contribution in [0.3, 0.4) is 0 Å². The Morgan fingerprint density at radius 1 is 1.03 bits per heavy atom. The van der Waals surface area contributed by atoms with Crippen molar-refractivity contribution >= 4 is 12.1 Å². The molecule has 1 aliphatic heterocycles. The Morgan fingerprint density at radius 2 is 1.82 bits per heavy atom. The first-order chi connectivity index (χ1) is 15.9. The molecule has 1 amide bonds. The van der Waals surface area contributed by atoms with E-state index in [9.17, 15) is 14.7 Å². The minimum absolute atomic E-state index is 0.0240. The van der Waals surface area contributed by atoms with Gasteiger partial charge in [0.05, 0.1) is 5.92 Å². The third-order valence-corrected chi connectivity index (χ3v) is 10.9. The lowest BCUT2D eigenvalue weighted by atomic mass is 9.44. The predicted molar refractivity (Wildman–Crippen MR) is 126 cm³/mol. The smallest absolute Gasteiger partial charge is 0.407 e. The normalized spacial score (nSPS) is 45.4. The van der Waals surface area contributed by atoms with Gasteiger partial charge in [-0.1, -0.05) is 6.92 Å². The van der Waals surface area contributed by atoms with Gasteiger partial charge in [-0.05, 0) is 125 Å². The SMILES string of the molecule is C[C@]12CCC(OC(=O)NC3CCNCC3)CC1CC[C@H]1[C@@H]3CCC(C(=O)O)[C@@]3(CN)CC[C@@H]12. The van der Waals surface area contributed by atoms with E-state index in [2.05, 4.69) is 17.6 Å². The highest BCUT2D eigenvalue weighted by molar-refractivity contribution is 5.72. The molecular formula is C26H43N3O4. The molecule has 0 aromatic rings. The van der Waals surface area contributed by atoms with E-state index >= 15 is 0 Å². The Balaban J connectivity index is 1.23. The van der Waals surface area contributed by atoms with Crippen molar-refractivity contribution in [1.82, 2.24) is 10.6 Å². The number of carboxylic acids is 1. The van der Waals surface area contributed by atoms with E-state index < -0.39 is 5.97 Å². The number of rotatable bonds is 4. The highest BCUT2D eigenvalue weighted by Crippen LogP contribution is 2.67. The fourth-order valence-electron chi connectivity index (χ4n) is 9.22. The summed E-state index contributed by atoms with van der Waals surface area (Å²) in [7, 11) is 0. The van der Waals surface area contributed by atoms with Crippen molar-refractivity contribution in [2.24, 2.45) is 46.2 Å². The van der Waals surface area contributed by atoms with Gasteiger partial charge in [0.15, 0.2) is 0 Å². The second kappa shape index (κ2) is 9.03. The predicted octanol–water partition coefficient (Wildman–Crippen LogP) is 3.52. The first kappa shape index (κ1) is 23.4. The molecule has 0 spiro atoms. The van der Waals surface area contributed by atoms with Gasteiger partial charge in [-0.25, -0.2) is 4.79 Å². The zero-order valence-electron chi connectivity index (χ0n) is 20.2. The van der Waals surface area contributed by atoms with E-state index in [-0.39, 0.29) is 35.0 Å². The Morgan fingerprint density at radius 3 is 2.55 bits per heavy atom. The maximum atomic E-state index is 12.5. The molecule has 0 aromatic heterocycles. The maximum Gasteiger partial charge on any atom is 0.407 e. The van der Waals surface area contributed by atoms with Gasteiger partial charge in [-0.3, -0.25) is 4.79 Å². The number of nitrogens with one attached hydrogen (secondary N) is 2. The molecule has 4 saturated carbocycles. The fourth-order valence-corrected chi connectivity index (χ4v) is 9.22. The number of hydrogen-bond acceptors (Lipinski definition) is 5. The summed E-state index contributed by atoms with van der Waals surface area (Å²) in [6, 6.07) is 0.231. The van der Waals surface area contributed by atoms with Gasteiger partial charge in [-0.2, -0.15) is 0 Å². The highest BCUT2D eigenvalue weighted by atomic mass is 16.6. The Labute approximate surface area is 198 Å². The van der Waals surface area contributed by atoms with Crippen LogP contribution in [0.2, 0.25) is 0 Å². The minimum atomic E-state index is -0.637. The largest absolute Gasteiger partial charge is 0.481 e. The first-order valence-electron chi connectivity index (χ1n) is 13.5. The number of amides is 1. The summed E-state index contributed by atoms with van der Waals surface area (Å²) < 4.78 is 5.92. The van der Waals surface area contributed by atoms with Crippen LogP contribution < -0.4 is 16.4 Å². The molecule has 33 heavy (non-hydrogen) atoms. The molecule has 186 valence electrons. The third-order valence-electron chi connectivity index (χ3n) is 10.9. The van der Waals surface area contributed by atoms with E-state index in [1.807, 2.05) is 0 Å². The van der Waals surface area contributed by atoms with E-state index in [1.54, 1.807) is 0 Å². The highest BCUT2D eigenvalue weighted by Gasteiger charge is 2.62. The van der Waals surface area contributed by atoms with Crippen LogP contribution in [0.15, 0.2) is 0 Å². The average molecular weight is 462 g/mol.